The van der Waals surface area contributed by atoms with E-state index in [0.717, 1.165) is 23.5 Å². The highest BCUT2D eigenvalue weighted by molar-refractivity contribution is 8.00. The summed E-state index contributed by atoms with van der Waals surface area (Å²) in [6.45, 7) is 4.56. The van der Waals surface area contributed by atoms with Crippen LogP contribution in [0.15, 0.2) is 29.2 Å². The summed E-state index contributed by atoms with van der Waals surface area (Å²) in [5.74, 6) is 1.20. The van der Waals surface area contributed by atoms with Gasteiger partial charge in [0.05, 0.1) is 18.4 Å². The summed E-state index contributed by atoms with van der Waals surface area (Å²) in [5, 5.41) is 3.06. The summed E-state index contributed by atoms with van der Waals surface area (Å²) in [4.78, 5) is 13.1. The third-order valence-corrected chi connectivity index (χ3v) is 4.55. The molecule has 1 rings (SSSR count). The molecule has 0 aliphatic rings. The minimum Gasteiger partial charge on any atom is -0.497 e. The first-order chi connectivity index (χ1) is 9.59. The van der Waals surface area contributed by atoms with Gasteiger partial charge in [0.2, 0.25) is 5.91 Å². The summed E-state index contributed by atoms with van der Waals surface area (Å²) in [5.41, 5.74) is 5.51. The Bertz CT molecular complexity index is 431. The van der Waals surface area contributed by atoms with Gasteiger partial charge in [0.15, 0.2) is 0 Å². The Morgan fingerprint density at radius 1 is 1.38 bits per heavy atom. The van der Waals surface area contributed by atoms with E-state index >= 15 is 0 Å². The standard InChI is InChI=1S/C15H24N2O2S.ClH/c1-4-15(5-2,11-16)17-14(18)10-20-13-8-6-7-12(9-13)19-3;/h6-9H,4-5,10-11,16H2,1-3H3,(H,17,18);1H. The van der Waals surface area contributed by atoms with Crippen LogP contribution in [-0.4, -0.2) is 30.9 Å². The summed E-state index contributed by atoms with van der Waals surface area (Å²) in [6.07, 6.45) is 1.69. The van der Waals surface area contributed by atoms with Gasteiger partial charge >= 0.3 is 0 Å². The lowest BCUT2D eigenvalue weighted by molar-refractivity contribution is -0.120. The molecule has 0 saturated heterocycles. The molecular weight excluding hydrogens is 308 g/mol. The Morgan fingerprint density at radius 3 is 2.57 bits per heavy atom. The predicted molar refractivity (Wildman–Crippen MR) is 91.5 cm³/mol. The van der Waals surface area contributed by atoms with E-state index in [-0.39, 0.29) is 23.9 Å². The van der Waals surface area contributed by atoms with Crippen LogP contribution in [0, 0.1) is 0 Å². The number of methoxy groups -OCH3 is 1. The number of nitrogens with two attached hydrogens (primary N) is 1. The smallest absolute Gasteiger partial charge is 0.230 e. The topological polar surface area (TPSA) is 64.3 Å². The third-order valence-electron chi connectivity index (χ3n) is 3.56. The predicted octanol–water partition coefficient (Wildman–Crippen LogP) is 2.84. The maximum atomic E-state index is 12.0. The molecule has 1 aromatic carbocycles. The molecule has 4 nitrogen and oxygen atoms in total. The normalized spacial score (nSPS) is 10.7. The highest BCUT2D eigenvalue weighted by atomic mass is 35.5. The molecule has 1 amide bonds. The molecule has 1 aromatic rings. The van der Waals surface area contributed by atoms with Crippen LogP contribution in [0.25, 0.3) is 0 Å². The molecular formula is C15H25ClN2O2S. The van der Waals surface area contributed by atoms with Gasteiger partial charge in [0.25, 0.3) is 0 Å². The van der Waals surface area contributed by atoms with Crippen molar-refractivity contribution in [3.05, 3.63) is 24.3 Å². The molecule has 0 saturated carbocycles. The number of carbonyl (C=O) groups is 1. The number of nitrogens with one attached hydrogen (secondary N) is 1. The van der Waals surface area contributed by atoms with E-state index < -0.39 is 0 Å². The molecule has 21 heavy (non-hydrogen) atoms. The van der Waals surface area contributed by atoms with Crippen molar-refractivity contribution >= 4 is 30.1 Å². The van der Waals surface area contributed by atoms with Crippen molar-refractivity contribution < 1.29 is 9.53 Å². The largest absolute Gasteiger partial charge is 0.497 e. The summed E-state index contributed by atoms with van der Waals surface area (Å²) >= 11 is 1.50. The van der Waals surface area contributed by atoms with Crippen LogP contribution >= 0.6 is 24.2 Å². The molecule has 0 bridgehead atoms. The van der Waals surface area contributed by atoms with Gasteiger partial charge in [0.1, 0.15) is 5.75 Å². The van der Waals surface area contributed by atoms with E-state index in [2.05, 4.69) is 5.32 Å². The average Bonchev–Trinajstić information content (AvgIpc) is 2.51. The monoisotopic (exact) mass is 332 g/mol. The number of hydrogen-bond acceptors (Lipinski definition) is 4. The number of carbonyl (C=O) groups excluding carboxylic acids is 1. The molecule has 0 heterocycles. The van der Waals surface area contributed by atoms with Crippen molar-refractivity contribution in [3.8, 4) is 5.75 Å². The molecule has 0 spiro atoms. The molecule has 120 valence electrons. The minimum absolute atomic E-state index is 0. The first kappa shape index (κ1) is 20.1. The van der Waals surface area contributed by atoms with Gasteiger partial charge in [-0.05, 0) is 31.0 Å². The van der Waals surface area contributed by atoms with E-state index in [0.29, 0.717) is 12.3 Å². The van der Waals surface area contributed by atoms with Crippen molar-refractivity contribution in [1.82, 2.24) is 5.32 Å². The number of ether oxygens (including phenoxy) is 1. The zero-order valence-electron chi connectivity index (χ0n) is 12.8. The quantitative estimate of drug-likeness (QED) is 0.718. The number of hydrogen-bond donors (Lipinski definition) is 2. The zero-order chi connectivity index (χ0) is 15.0. The van der Waals surface area contributed by atoms with Gasteiger partial charge in [-0.3, -0.25) is 4.79 Å². The van der Waals surface area contributed by atoms with E-state index in [1.807, 2.05) is 38.1 Å². The minimum atomic E-state index is -0.272. The van der Waals surface area contributed by atoms with Crippen LogP contribution in [0.3, 0.4) is 0 Å². The van der Waals surface area contributed by atoms with Gasteiger partial charge in [-0.15, -0.1) is 24.2 Å². The third kappa shape index (κ3) is 6.16. The van der Waals surface area contributed by atoms with Gasteiger partial charge < -0.3 is 15.8 Å². The first-order valence-electron chi connectivity index (χ1n) is 6.87. The first-order valence-corrected chi connectivity index (χ1v) is 7.85. The second-order valence-electron chi connectivity index (χ2n) is 4.71. The Morgan fingerprint density at radius 2 is 2.05 bits per heavy atom. The maximum absolute atomic E-state index is 12.0. The SMILES string of the molecule is CCC(CC)(CN)NC(=O)CSc1cccc(OC)c1.Cl. The summed E-state index contributed by atoms with van der Waals surface area (Å²) in [7, 11) is 1.63. The van der Waals surface area contributed by atoms with Crippen molar-refractivity contribution in [2.45, 2.75) is 37.1 Å². The van der Waals surface area contributed by atoms with E-state index in [4.69, 9.17) is 10.5 Å². The van der Waals surface area contributed by atoms with E-state index in [1.165, 1.54) is 11.8 Å². The lowest BCUT2D eigenvalue weighted by Crippen LogP contribution is -2.53. The van der Waals surface area contributed by atoms with Crippen LogP contribution in [0.4, 0.5) is 0 Å². The highest BCUT2D eigenvalue weighted by Gasteiger charge is 2.25. The fraction of sp³-hybridized carbons (Fsp3) is 0.533. The Balaban J connectivity index is 0.00000400. The van der Waals surface area contributed by atoms with Gasteiger partial charge in [-0.2, -0.15) is 0 Å². The van der Waals surface area contributed by atoms with Crippen molar-refractivity contribution in [2.24, 2.45) is 5.73 Å². The zero-order valence-corrected chi connectivity index (χ0v) is 14.5. The molecule has 0 aliphatic heterocycles. The maximum Gasteiger partial charge on any atom is 0.230 e. The van der Waals surface area contributed by atoms with Gasteiger partial charge in [-0.1, -0.05) is 19.9 Å². The molecule has 0 aromatic heterocycles. The number of benzene rings is 1. The molecule has 6 heteroatoms. The van der Waals surface area contributed by atoms with E-state index in [9.17, 15) is 4.79 Å². The average molecular weight is 333 g/mol. The van der Waals surface area contributed by atoms with Crippen LogP contribution in [0.5, 0.6) is 5.75 Å². The second kappa shape index (κ2) is 9.92. The molecule has 3 N–H and O–H groups in total. The Kier molecular flexibility index (Phi) is 9.49. The number of halogens is 1. The summed E-state index contributed by atoms with van der Waals surface area (Å²) in [6, 6.07) is 7.70. The van der Waals surface area contributed by atoms with Gasteiger partial charge in [0, 0.05) is 11.4 Å². The molecule has 0 fully saturated rings. The van der Waals surface area contributed by atoms with Crippen LogP contribution < -0.4 is 15.8 Å². The highest BCUT2D eigenvalue weighted by Crippen LogP contribution is 2.23. The van der Waals surface area contributed by atoms with Crippen molar-refractivity contribution in [1.29, 1.82) is 0 Å². The van der Waals surface area contributed by atoms with Crippen LogP contribution in [0.1, 0.15) is 26.7 Å². The van der Waals surface area contributed by atoms with Crippen molar-refractivity contribution in [2.75, 3.05) is 19.4 Å². The second-order valence-corrected chi connectivity index (χ2v) is 5.76. The molecule has 0 aliphatic carbocycles. The van der Waals surface area contributed by atoms with Crippen LogP contribution in [0.2, 0.25) is 0 Å². The number of thioether (sulfide) groups is 1. The van der Waals surface area contributed by atoms with Crippen LogP contribution in [-0.2, 0) is 4.79 Å². The molecule has 0 radical (unpaired) electrons. The fourth-order valence-electron chi connectivity index (χ4n) is 1.94. The van der Waals surface area contributed by atoms with Crippen molar-refractivity contribution in [3.63, 3.8) is 0 Å². The number of amides is 1. The van der Waals surface area contributed by atoms with E-state index in [1.54, 1.807) is 7.11 Å². The lowest BCUT2D eigenvalue weighted by Gasteiger charge is -2.31. The number of rotatable bonds is 8. The van der Waals surface area contributed by atoms with Gasteiger partial charge in [-0.25, -0.2) is 0 Å². The summed E-state index contributed by atoms with van der Waals surface area (Å²) < 4.78 is 5.16. The molecule has 0 unspecified atom stereocenters. The Labute approximate surface area is 137 Å². The Hall–Kier alpha value is -0.910. The molecule has 0 atom stereocenters. The fourth-order valence-corrected chi connectivity index (χ4v) is 2.68. The lowest BCUT2D eigenvalue weighted by atomic mass is 9.93.